The Labute approximate surface area is 122 Å². The Kier molecular flexibility index (Phi) is 4.16. The number of carboxylic acids is 1. The van der Waals surface area contributed by atoms with Crippen molar-refractivity contribution < 1.29 is 9.90 Å². The van der Waals surface area contributed by atoms with Gasteiger partial charge in [0.1, 0.15) is 0 Å². The molecule has 0 amide bonds. The summed E-state index contributed by atoms with van der Waals surface area (Å²) in [4.78, 5) is 15.7. The number of hydrogen-bond donors (Lipinski definition) is 1. The summed E-state index contributed by atoms with van der Waals surface area (Å²) in [7, 11) is 4.15. The minimum atomic E-state index is -0.872. The first-order chi connectivity index (χ1) is 8.90. The van der Waals surface area contributed by atoms with Crippen LogP contribution in [0.15, 0.2) is 22.7 Å². The third-order valence-corrected chi connectivity index (χ3v) is 4.26. The normalized spacial score (nSPS) is 23.1. The largest absolute Gasteiger partial charge is 0.478 e. The molecule has 1 aromatic rings. The van der Waals surface area contributed by atoms with E-state index in [4.69, 9.17) is 0 Å². The number of halogens is 1. The van der Waals surface area contributed by atoms with Crippen molar-refractivity contribution in [1.29, 1.82) is 0 Å². The number of anilines is 1. The molecule has 1 aromatic carbocycles. The Morgan fingerprint density at radius 1 is 1.42 bits per heavy atom. The molecule has 1 heterocycles. The summed E-state index contributed by atoms with van der Waals surface area (Å²) in [6, 6.07) is 5.79. The Hall–Kier alpha value is -1.07. The van der Waals surface area contributed by atoms with Gasteiger partial charge in [-0.25, -0.2) is 4.79 Å². The Balaban J connectivity index is 2.33. The fourth-order valence-corrected chi connectivity index (χ4v) is 3.11. The average Bonchev–Trinajstić information content (AvgIpc) is 2.70. The van der Waals surface area contributed by atoms with Gasteiger partial charge in [-0.1, -0.05) is 22.9 Å². The lowest BCUT2D eigenvalue weighted by Gasteiger charge is -2.23. The van der Waals surface area contributed by atoms with Crippen molar-refractivity contribution in [3.05, 3.63) is 28.2 Å². The van der Waals surface area contributed by atoms with E-state index in [0.717, 1.165) is 23.2 Å². The maximum absolute atomic E-state index is 11.3. The summed E-state index contributed by atoms with van der Waals surface area (Å²) in [6.45, 7) is 3.97. The highest BCUT2D eigenvalue weighted by molar-refractivity contribution is 9.10. The molecule has 104 valence electrons. The average molecular weight is 327 g/mol. The highest BCUT2D eigenvalue weighted by Crippen LogP contribution is 2.31. The molecule has 5 heteroatoms. The zero-order chi connectivity index (χ0) is 14.2. The number of likely N-dealkylation sites (N-methyl/N-ethyl adjacent to an activating group) is 1. The van der Waals surface area contributed by atoms with Crippen molar-refractivity contribution in [1.82, 2.24) is 4.90 Å². The van der Waals surface area contributed by atoms with Crippen molar-refractivity contribution in [2.75, 3.05) is 32.1 Å². The van der Waals surface area contributed by atoms with Gasteiger partial charge >= 0.3 is 5.97 Å². The highest BCUT2D eigenvalue weighted by Gasteiger charge is 2.32. The molecule has 1 saturated heterocycles. The molecule has 2 rings (SSSR count). The Morgan fingerprint density at radius 2 is 2.11 bits per heavy atom. The molecular formula is C14H19BrN2O2. The monoisotopic (exact) mass is 326 g/mol. The van der Waals surface area contributed by atoms with Crippen LogP contribution in [0.3, 0.4) is 0 Å². The molecule has 0 aromatic heterocycles. The fraction of sp³-hybridized carbons (Fsp3) is 0.500. The molecule has 0 bridgehead atoms. The molecule has 0 aliphatic carbocycles. The van der Waals surface area contributed by atoms with Gasteiger partial charge in [0.05, 0.1) is 11.3 Å². The van der Waals surface area contributed by atoms with Crippen LogP contribution in [0.25, 0.3) is 0 Å². The van der Waals surface area contributed by atoms with Crippen molar-refractivity contribution in [3.8, 4) is 0 Å². The second-order valence-electron chi connectivity index (χ2n) is 5.38. The number of aromatic carboxylic acids is 1. The van der Waals surface area contributed by atoms with E-state index in [-0.39, 0.29) is 0 Å². The molecule has 1 aliphatic rings. The Morgan fingerprint density at radius 3 is 2.63 bits per heavy atom. The van der Waals surface area contributed by atoms with Crippen LogP contribution in [-0.4, -0.2) is 49.2 Å². The number of carboxylic acid groups (broad SMARTS) is 1. The number of benzene rings is 1. The lowest BCUT2D eigenvalue weighted by Crippen LogP contribution is -2.34. The summed E-state index contributed by atoms with van der Waals surface area (Å²) in [5.74, 6) is -0.348. The SMILES string of the molecule is CC1CN(c2cc(Br)ccc2C(=O)O)CC1N(C)C. The molecule has 19 heavy (non-hydrogen) atoms. The van der Waals surface area contributed by atoms with Crippen LogP contribution in [0.5, 0.6) is 0 Å². The van der Waals surface area contributed by atoms with E-state index < -0.39 is 5.97 Å². The molecule has 0 radical (unpaired) electrons. The fourth-order valence-electron chi connectivity index (χ4n) is 2.77. The minimum Gasteiger partial charge on any atom is -0.478 e. The van der Waals surface area contributed by atoms with Gasteiger partial charge in [0, 0.05) is 23.6 Å². The molecule has 2 atom stereocenters. The van der Waals surface area contributed by atoms with Crippen LogP contribution in [-0.2, 0) is 0 Å². The van der Waals surface area contributed by atoms with Crippen LogP contribution < -0.4 is 4.90 Å². The first-order valence-electron chi connectivity index (χ1n) is 6.34. The van der Waals surface area contributed by atoms with Crippen LogP contribution in [0.1, 0.15) is 17.3 Å². The summed E-state index contributed by atoms with van der Waals surface area (Å²) in [5, 5.41) is 9.31. The second kappa shape index (κ2) is 5.51. The van der Waals surface area contributed by atoms with Gasteiger partial charge in [-0.15, -0.1) is 0 Å². The summed E-state index contributed by atoms with van der Waals surface area (Å²) in [6.07, 6.45) is 0. The molecule has 1 N–H and O–H groups in total. The molecule has 1 fully saturated rings. The van der Waals surface area contributed by atoms with Crippen molar-refractivity contribution in [3.63, 3.8) is 0 Å². The quantitative estimate of drug-likeness (QED) is 0.927. The maximum Gasteiger partial charge on any atom is 0.337 e. The summed E-state index contributed by atoms with van der Waals surface area (Å²) in [5.41, 5.74) is 1.17. The predicted molar refractivity (Wildman–Crippen MR) is 80.0 cm³/mol. The second-order valence-corrected chi connectivity index (χ2v) is 6.30. The van der Waals surface area contributed by atoms with Gasteiger partial charge in [-0.3, -0.25) is 0 Å². The smallest absolute Gasteiger partial charge is 0.337 e. The first-order valence-corrected chi connectivity index (χ1v) is 7.13. The van der Waals surface area contributed by atoms with Gasteiger partial charge in [0.25, 0.3) is 0 Å². The zero-order valence-electron chi connectivity index (χ0n) is 11.4. The van der Waals surface area contributed by atoms with E-state index >= 15 is 0 Å². The predicted octanol–water partition coefficient (Wildman–Crippen LogP) is 2.53. The van der Waals surface area contributed by atoms with E-state index in [1.54, 1.807) is 12.1 Å². The van der Waals surface area contributed by atoms with Crippen LogP contribution in [0, 0.1) is 5.92 Å². The highest BCUT2D eigenvalue weighted by atomic mass is 79.9. The van der Waals surface area contributed by atoms with Gasteiger partial charge < -0.3 is 14.9 Å². The van der Waals surface area contributed by atoms with Gasteiger partial charge in [-0.2, -0.15) is 0 Å². The minimum absolute atomic E-state index is 0.370. The number of hydrogen-bond acceptors (Lipinski definition) is 3. The lowest BCUT2D eigenvalue weighted by atomic mass is 10.1. The number of rotatable bonds is 3. The first kappa shape index (κ1) is 14.3. The number of nitrogens with zero attached hydrogens (tertiary/aromatic N) is 2. The van der Waals surface area contributed by atoms with Crippen molar-refractivity contribution >= 4 is 27.6 Å². The van der Waals surface area contributed by atoms with Crippen LogP contribution in [0.2, 0.25) is 0 Å². The third-order valence-electron chi connectivity index (χ3n) is 3.77. The summed E-state index contributed by atoms with van der Waals surface area (Å²) >= 11 is 3.42. The molecule has 0 saturated carbocycles. The molecule has 0 spiro atoms. The molecule has 4 nitrogen and oxygen atoms in total. The van der Waals surface area contributed by atoms with E-state index in [0.29, 0.717) is 17.5 Å². The van der Waals surface area contributed by atoms with Gasteiger partial charge in [0.2, 0.25) is 0 Å². The van der Waals surface area contributed by atoms with Gasteiger partial charge in [-0.05, 0) is 38.2 Å². The zero-order valence-corrected chi connectivity index (χ0v) is 13.0. The lowest BCUT2D eigenvalue weighted by molar-refractivity contribution is 0.0697. The van der Waals surface area contributed by atoms with E-state index in [2.05, 4.69) is 46.7 Å². The number of carbonyl (C=O) groups is 1. The van der Waals surface area contributed by atoms with Crippen LogP contribution in [0.4, 0.5) is 5.69 Å². The molecular weight excluding hydrogens is 308 g/mol. The van der Waals surface area contributed by atoms with Crippen molar-refractivity contribution in [2.24, 2.45) is 5.92 Å². The Bertz CT molecular complexity index is 490. The maximum atomic E-state index is 11.3. The van der Waals surface area contributed by atoms with Gasteiger partial charge in [0.15, 0.2) is 0 Å². The molecule has 2 unspecified atom stereocenters. The van der Waals surface area contributed by atoms with E-state index in [9.17, 15) is 9.90 Å². The molecule has 1 aliphatic heterocycles. The topological polar surface area (TPSA) is 43.8 Å². The van der Waals surface area contributed by atoms with E-state index in [1.807, 2.05) is 6.07 Å². The standard InChI is InChI=1S/C14H19BrN2O2/c1-9-7-17(8-13(9)16(2)3)12-6-10(15)4-5-11(12)14(18)19/h4-6,9,13H,7-8H2,1-3H3,(H,18,19). The van der Waals surface area contributed by atoms with Crippen LogP contribution >= 0.6 is 15.9 Å². The van der Waals surface area contributed by atoms with Crippen molar-refractivity contribution in [2.45, 2.75) is 13.0 Å². The van der Waals surface area contributed by atoms with E-state index in [1.165, 1.54) is 0 Å². The summed E-state index contributed by atoms with van der Waals surface area (Å²) < 4.78 is 0.911. The third kappa shape index (κ3) is 2.92.